The molecule has 0 amide bonds. The van der Waals surface area contributed by atoms with Gasteiger partial charge < -0.3 is 14.7 Å². The number of nitrogens with zero attached hydrogens (tertiary/aromatic N) is 2. The van der Waals surface area contributed by atoms with E-state index in [4.69, 9.17) is 4.52 Å². The van der Waals surface area contributed by atoms with Crippen LogP contribution in [0.2, 0.25) is 0 Å². The monoisotopic (exact) mass is 313 g/mol. The molecule has 1 aliphatic rings. The molecule has 0 unspecified atom stereocenters. The molecule has 1 aliphatic heterocycles. The molecule has 1 aromatic heterocycles. The van der Waals surface area contributed by atoms with Gasteiger partial charge in [0.2, 0.25) is 0 Å². The van der Waals surface area contributed by atoms with Crippen molar-refractivity contribution in [3.8, 4) is 0 Å². The van der Waals surface area contributed by atoms with E-state index in [1.165, 1.54) is 19.3 Å². The number of hydrogen-bond donors (Lipinski definition) is 1. The first kappa shape index (κ1) is 16.1. The van der Waals surface area contributed by atoms with Gasteiger partial charge in [-0.2, -0.15) is 0 Å². The number of aromatic nitrogens is 1. The van der Waals surface area contributed by atoms with E-state index >= 15 is 0 Å². The van der Waals surface area contributed by atoms with Crippen LogP contribution in [-0.2, 0) is 6.42 Å². The number of rotatable bonds is 5. The molecule has 0 bridgehead atoms. The second kappa shape index (κ2) is 7.18. The van der Waals surface area contributed by atoms with Crippen LogP contribution >= 0.6 is 0 Å². The molecular formula is C19H27N3O. The highest BCUT2D eigenvalue weighted by molar-refractivity contribution is 5.93. The molecule has 2 heterocycles. The summed E-state index contributed by atoms with van der Waals surface area (Å²) < 4.78 is 5.72. The molecule has 1 N–H and O–H groups in total. The van der Waals surface area contributed by atoms with Gasteiger partial charge in [-0.1, -0.05) is 17.3 Å². The molecule has 0 atom stereocenters. The number of anilines is 1. The maximum absolute atomic E-state index is 5.72. The van der Waals surface area contributed by atoms with Gasteiger partial charge >= 0.3 is 0 Å². The fourth-order valence-corrected chi connectivity index (χ4v) is 3.47. The van der Waals surface area contributed by atoms with Crippen LogP contribution in [0.5, 0.6) is 0 Å². The van der Waals surface area contributed by atoms with Crippen LogP contribution < -0.4 is 10.2 Å². The van der Waals surface area contributed by atoms with E-state index in [2.05, 4.69) is 53.8 Å². The van der Waals surface area contributed by atoms with Crippen LogP contribution in [0.3, 0.4) is 0 Å². The summed E-state index contributed by atoms with van der Waals surface area (Å²) in [7, 11) is 4.12. The summed E-state index contributed by atoms with van der Waals surface area (Å²) in [6.07, 6.45) is 8.94. The topological polar surface area (TPSA) is 41.3 Å². The van der Waals surface area contributed by atoms with E-state index in [1.54, 1.807) is 0 Å². The van der Waals surface area contributed by atoms with Crippen LogP contribution in [0, 0.1) is 5.92 Å². The second-order valence-electron chi connectivity index (χ2n) is 6.63. The average Bonchev–Trinajstić information content (AvgIpc) is 2.98. The Morgan fingerprint density at radius 3 is 2.78 bits per heavy atom. The van der Waals surface area contributed by atoms with E-state index in [0.717, 1.165) is 53.3 Å². The Bertz CT molecular complexity index is 681. The maximum atomic E-state index is 5.72. The van der Waals surface area contributed by atoms with Crippen molar-refractivity contribution >= 4 is 22.7 Å². The molecule has 4 nitrogen and oxygen atoms in total. The Labute approximate surface area is 138 Å². The van der Waals surface area contributed by atoms with Crippen molar-refractivity contribution in [3.63, 3.8) is 0 Å². The minimum Gasteiger partial charge on any atom is -0.377 e. The van der Waals surface area contributed by atoms with Crippen molar-refractivity contribution in [1.29, 1.82) is 0 Å². The third kappa shape index (κ3) is 3.42. The molecule has 0 saturated carbocycles. The molecule has 1 fully saturated rings. The third-order valence-electron chi connectivity index (χ3n) is 4.79. The van der Waals surface area contributed by atoms with E-state index in [9.17, 15) is 0 Å². The van der Waals surface area contributed by atoms with Crippen LogP contribution in [0.4, 0.5) is 5.69 Å². The van der Waals surface area contributed by atoms with Gasteiger partial charge in [0.25, 0.3) is 0 Å². The van der Waals surface area contributed by atoms with Crippen LogP contribution in [0.1, 0.15) is 37.4 Å². The number of hydrogen-bond acceptors (Lipinski definition) is 4. The highest BCUT2D eigenvalue weighted by Crippen LogP contribution is 2.32. The summed E-state index contributed by atoms with van der Waals surface area (Å²) in [6.45, 7) is 4.34. The largest absolute Gasteiger partial charge is 0.377 e. The fraction of sp³-hybridized carbons (Fsp3) is 0.526. The average molecular weight is 313 g/mol. The molecule has 3 rings (SSSR count). The summed E-state index contributed by atoms with van der Waals surface area (Å²) in [5.74, 6) is 0.819. The predicted octanol–water partition coefficient (Wildman–Crippen LogP) is 3.86. The molecule has 0 spiro atoms. The number of fused-ring (bicyclic) bond motifs is 1. The molecule has 23 heavy (non-hydrogen) atoms. The van der Waals surface area contributed by atoms with Gasteiger partial charge in [-0.15, -0.1) is 0 Å². The summed E-state index contributed by atoms with van der Waals surface area (Å²) in [5, 5.41) is 8.97. The van der Waals surface area contributed by atoms with Crippen molar-refractivity contribution in [2.24, 2.45) is 5.92 Å². The SMILES string of the molecule is C/C=C/c1c(N(C)C)ccc2c(CCC3CCNCC3)noc12. The summed E-state index contributed by atoms with van der Waals surface area (Å²) in [6, 6.07) is 4.33. The van der Waals surface area contributed by atoms with E-state index < -0.39 is 0 Å². The third-order valence-corrected chi connectivity index (χ3v) is 4.79. The highest BCUT2D eigenvalue weighted by atomic mass is 16.5. The summed E-state index contributed by atoms with van der Waals surface area (Å²) in [5.41, 5.74) is 4.30. The van der Waals surface area contributed by atoms with Crippen LogP contribution in [-0.4, -0.2) is 32.3 Å². The molecule has 124 valence electrons. The molecule has 0 radical (unpaired) electrons. The van der Waals surface area contributed by atoms with Gasteiger partial charge in [-0.25, -0.2) is 0 Å². The van der Waals surface area contributed by atoms with Crippen LogP contribution in [0.25, 0.3) is 17.0 Å². The Morgan fingerprint density at radius 2 is 2.09 bits per heavy atom. The first-order valence-corrected chi connectivity index (χ1v) is 8.62. The number of nitrogens with one attached hydrogen (secondary N) is 1. The van der Waals surface area contributed by atoms with Gasteiger partial charge in [0.05, 0.1) is 5.69 Å². The van der Waals surface area contributed by atoms with Crippen molar-refractivity contribution in [3.05, 3.63) is 29.5 Å². The normalized spacial score (nSPS) is 16.5. The minimum absolute atomic E-state index is 0.819. The molecule has 2 aromatic rings. The first-order chi connectivity index (χ1) is 11.2. The quantitative estimate of drug-likeness (QED) is 0.910. The van der Waals surface area contributed by atoms with Gasteiger partial charge in [0.15, 0.2) is 5.58 Å². The van der Waals surface area contributed by atoms with Crippen molar-refractivity contribution in [2.45, 2.75) is 32.6 Å². The van der Waals surface area contributed by atoms with Crippen LogP contribution in [0.15, 0.2) is 22.7 Å². The van der Waals surface area contributed by atoms with Gasteiger partial charge in [0, 0.05) is 30.7 Å². The van der Waals surface area contributed by atoms with Gasteiger partial charge in [-0.3, -0.25) is 0 Å². The zero-order valence-electron chi connectivity index (χ0n) is 14.4. The first-order valence-electron chi connectivity index (χ1n) is 8.62. The Hall–Kier alpha value is -1.81. The van der Waals surface area contributed by atoms with Crippen molar-refractivity contribution in [2.75, 3.05) is 32.1 Å². The zero-order valence-corrected chi connectivity index (χ0v) is 14.4. The Balaban J connectivity index is 1.86. The lowest BCUT2D eigenvalue weighted by molar-refractivity contribution is 0.350. The lowest BCUT2D eigenvalue weighted by Crippen LogP contribution is -2.27. The standard InChI is InChI=1S/C19H27N3O/c1-4-5-16-18(22(2)3)9-7-15-17(21-23-19(15)16)8-6-14-10-12-20-13-11-14/h4-5,7,9,14,20H,6,8,10-13H2,1-3H3/b5-4+. The Kier molecular flexibility index (Phi) is 5.01. The lowest BCUT2D eigenvalue weighted by atomic mass is 9.92. The van der Waals surface area contributed by atoms with E-state index in [1.807, 2.05) is 6.92 Å². The molecule has 1 aromatic carbocycles. The summed E-state index contributed by atoms with van der Waals surface area (Å²) >= 11 is 0. The van der Waals surface area contributed by atoms with Crippen molar-refractivity contribution < 1.29 is 4.52 Å². The van der Waals surface area contributed by atoms with E-state index in [0.29, 0.717) is 0 Å². The summed E-state index contributed by atoms with van der Waals surface area (Å²) in [4.78, 5) is 2.12. The maximum Gasteiger partial charge on any atom is 0.176 e. The van der Waals surface area contributed by atoms with E-state index in [-0.39, 0.29) is 0 Å². The van der Waals surface area contributed by atoms with Crippen molar-refractivity contribution in [1.82, 2.24) is 10.5 Å². The predicted molar refractivity (Wildman–Crippen MR) is 97.0 cm³/mol. The number of aryl methyl sites for hydroxylation is 1. The fourth-order valence-electron chi connectivity index (χ4n) is 3.47. The lowest BCUT2D eigenvalue weighted by Gasteiger charge is -2.21. The second-order valence-corrected chi connectivity index (χ2v) is 6.63. The van der Waals surface area contributed by atoms with Gasteiger partial charge in [-0.05, 0) is 63.7 Å². The molecule has 4 heteroatoms. The molecule has 1 saturated heterocycles. The number of piperidine rings is 1. The minimum atomic E-state index is 0.819. The number of allylic oxidation sites excluding steroid dienone is 1. The highest BCUT2D eigenvalue weighted by Gasteiger charge is 2.18. The van der Waals surface area contributed by atoms with Gasteiger partial charge in [0.1, 0.15) is 0 Å². The number of benzene rings is 1. The molecular weight excluding hydrogens is 286 g/mol. The Morgan fingerprint density at radius 1 is 1.30 bits per heavy atom. The molecule has 0 aliphatic carbocycles. The smallest absolute Gasteiger partial charge is 0.176 e. The zero-order chi connectivity index (χ0) is 16.2.